The summed E-state index contributed by atoms with van der Waals surface area (Å²) in [4.78, 5) is 21.9. The summed E-state index contributed by atoms with van der Waals surface area (Å²) in [5.74, 6) is -1.87. The number of piperidine rings is 1. The Balaban J connectivity index is 2.75. The molecule has 1 rings (SSSR count). The van der Waals surface area contributed by atoms with Crippen LogP contribution in [-0.2, 0) is 14.3 Å². The molecule has 1 aliphatic rings. The topological polar surface area (TPSA) is 87.1 Å². The molecule has 2 N–H and O–H groups in total. The van der Waals surface area contributed by atoms with E-state index in [4.69, 9.17) is 9.84 Å². The van der Waals surface area contributed by atoms with Gasteiger partial charge in [0.25, 0.3) is 0 Å². The first-order valence-electron chi connectivity index (χ1n) is 6.13. The summed E-state index contributed by atoms with van der Waals surface area (Å²) in [6.45, 7) is 7.88. The van der Waals surface area contributed by atoms with Crippen LogP contribution in [0, 0.1) is 5.41 Å². The Kier molecular flexibility index (Phi) is 4.37. The highest BCUT2D eigenvalue weighted by Gasteiger charge is 2.46. The zero-order chi connectivity index (χ0) is 14.8. The minimum Gasteiger partial charge on any atom is -0.478 e. The molecule has 108 valence electrons. The molecular formula is C13H21NO5. The predicted octanol–water partition coefficient (Wildman–Crippen LogP) is 1.44. The average molecular weight is 271 g/mol. The van der Waals surface area contributed by atoms with E-state index in [1.54, 1.807) is 0 Å². The molecule has 0 aliphatic carbocycles. The van der Waals surface area contributed by atoms with Crippen LogP contribution in [0.5, 0.6) is 0 Å². The highest BCUT2D eigenvalue weighted by Crippen LogP contribution is 2.38. The zero-order valence-electron chi connectivity index (χ0n) is 11.7. The van der Waals surface area contributed by atoms with E-state index in [2.05, 4.69) is 0 Å². The molecule has 0 radical (unpaired) electrons. The van der Waals surface area contributed by atoms with Crippen LogP contribution >= 0.6 is 0 Å². The minimum atomic E-state index is -1.19. The number of esters is 1. The number of carboxylic acids is 1. The second-order valence-corrected chi connectivity index (χ2v) is 6.16. The molecule has 19 heavy (non-hydrogen) atoms. The fraction of sp³-hybridized carbons (Fsp3) is 0.692. The average Bonchev–Trinajstić information content (AvgIpc) is 2.22. The summed E-state index contributed by atoms with van der Waals surface area (Å²) in [7, 11) is 0. The molecule has 0 aromatic carbocycles. The van der Waals surface area contributed by atoms with E-state index in [1.807, 2.05) is 27.7 Å². The quantitative estimate of drug-likeness (QED) is 0.596. The number of hydrogen-bond donors (Lipinski definition) is 2. The number of ether oxygens (including phenoxy) is 1. The van der Waals surface area contributed by atoms with Gasteiger partial charge in [0.05, 0.1) is 0 Å². The molecule has 0 bridgehead atoms. The number of hydrogen-bond acceptors (Lipinski definition) is 5. The Morgan fingerprint density at radius 2 is 1.84 bits per heavy atom. The molecule has 1 unspecified atom stereocenters. The third-order valence-corrected chi connectivity index (χ3v) is 3.43. The Labute approximate surface area is 112 Å². The van der Waals surface area contributed by atoms with Gasteiger partial charge in [0.15, 0.2) is 0 Å². The number of carbonyl (C=O) groups excluding carboxylic acids is 1. The maximum atomic E-state index is 11.5. The normalized spacial score (nSPS) is 26.3. The third kappa shape index (κ3) is 4.04. The smallest absolute Gasteiger partial charge is 0.331 e. The van der Waals surface area contributed by atoms with Crippen molar-refractivity contribution in [3.63, 3.8) is 0 Å². The van der Waals surface area contributed by atoms with Gasteiger partial charge in [-0.25, -0.2) is 9.59 Å². The molecular weight excluding hydrogens is 250 g/mol. The molecule has 1 atom stereocenters. The number of carbonyl (C=O) groups is 2. The fourth-order valence-corrected chi connectivity index (χ4v) is 2.06. The Morgan fingerprint density at radius 3 is 2.37 bits per heavy atom. The van der Waals surface area contributed by atoms with Crippen molar-refractivity contribution >= 4 is 11.9 Å². The zero-order valence-corrected chi connectivity index (χ0v) is 11.7. The van der Waals surface area contributed by atoms with Crippen LogP contribution in [0.4, 0.5) is 0 Å². The van der Waals surface area contributed by atoms with Crippen molar-refractivity contribution in [3.8, 4) is 0 Å². The maximum absolute atomic E-state index is 11.5. The van der Waals surface area contributed by atoms with E-state index < -0.39 is 22.9 Å². The van der Waals surface area contributed by atoms with E-state index in [-0.39, 0.29) is 6.10 Å². The lowest BCUT2D eigenvalue weighted by Gasteiger charge is -2.49. The number of rotatable bonds is 3. The van der Waals surface area contributed by atoms with Crippen LogP contribution < -0.4 is 0 Å². The van der Waals surface area contributed by atoms with Crippen LogP contribution in [0.3, 0.4) is 0 Å². The molecule has 6 heteroatoms. The molecule has 1 aliphatic heterocycles. The van der Waals surface area contributed by atoms with Crippen LogP contribution in [0.2, 0.25) is 0 Å². The van der Waals surface area contributed by atoms with Crippen molar-refractivity contribution in [1.29, 1.82) is 0 Å². The van der Waals surface area contributed by atoms with Gasteiger partial charge < -0.3 is 15.1 Å². The number of nitrogens with zero attached hydrogens (tertiary/aromatic N) is 1. The first-order valence-corrected chi connectivity index (χ1v) is 6.13. The van der Waals surface area contributed by atoms with Gasteiger partial charge in [-0.2, -0.15) is 5.06 Å². The first-order chi connectivity index (χ1) is 8.54. The summed E-state index contributed by atoms with van der Waals surface area (Å²) in [5, 5.41) is 19.6. The fourth-order valence-electron chi connectivity index (χ4n) is 2.06. The molecule has 0 amide bonds. The monoisotopic (exact) mass is 271 g/mol. The van der Waals surface area contributed by atoms with E-state index in [9.17, 15) is 14.8 Å². The molecule has 0 aromatic heterocycles. The largest absolute Gasteiger partial charge is 0.478 e. The summed E-state index contributed by atoms with van der Waals surface area (Å²) >= 11 is 0. The SMILES string of the molecule is CC1(C)CN(O)C(C)(C)CC1OC(=O)C=CC(=O)O. The lowest BCUT2D eigenvalue weighted by atomic mass is 9.75. The van der Waals surface area contributed by atoms with Crippen molar-refractivity contribution < 1.29 is 24.6 Å². The van der Waals surface area contributed by atoms with Gasteiger partial charge in [0.1, 0.15) is 6.10 Å². The lowest BCUT2D eigenvalue weighted by molar-refractivity contribution is -0.233. The standard InChI is InChI=1S/C13H21NO5/c1-12(2)8-14(18)13(3,4)7-9(12)19-11(17)6-5-10(15)16/h5-6,9,18H,7-8H2,1-4H3,(H,15,16). The van der Waals surface area contributed by atoms with E-state index in [0.29, 0.717) is 13.0 Å². The van der Waals surface area contributed by atoms with Gasteiger partial charge >= 0.3 is 11.9 Å². The van der Waals surface area contributed by atoms with Crippen molar-refractivity contribution in [2.24, 2.45) is 5.41 Å². The van der Waals surface area contributed by atoms with Gasteiger partial charge in [0.2, 0.25) is 0 Å². The molecule has 0 saturated carbocycles. The van der Waals surface area contributed by atoms with E-state index in [1.165, 1.54) is 5.06 Å². The van der Waals surface area contributed by atoms with Crippen molar-refractivity contribution in [3.05, 3.63) is 12.2 Å². The molecule has 0 aromatic rings. The summed E-state index contributed by atoms with van der Waals surface area (Å²) in [6, 6.07) is 0. The minimum absolute atomic E-state index is 0.376. The van der Waals surface area contributed by atoms with E-state index in [0.717, 1.165) is 12.2 Å². The number of aliphatic carboxylic acids is 1. The number of carboxylic acid groups (broad SMARTS) is 1. The predicted molar refractivity (Wildman–Crippen MR) is 67.6 cm³/mol. The maximum Gasteiger partial charge on any atom is 0.331 e. The molecule has 1 saturated heterocycles. The van der Waals surface area contributed by atoms with E-state index >= 15 is 0 Å². The molecule has 0 spiro atoms. The van der Waals surface area contributed by atoms with Crippen LogP contribution in [-0.4, -0.2) is 45.5 Å². The van der Waals surface area contributed by atoms with Gasteiger partial charge in [-0.3, -0.25) is 0 Å². The number of hydroxylamine groups is 2. The van der Waals surface area contributed by atoms with Crippen LogP contribution in [0.25, 0.3) is 0 Å². The van der Waals surface area contributed by atoms with Crippen LogP contribution in [0.1, 0.15) is 34.1 Å². The summed E-state index contributed by atoms with van der Waals surface area (Å²) < 4.78 is 5.31. The molecule has 6 nitrogen and oxygen atoms in total. The first kappa shape index (κ1) is 15.7. The summed E-state index contributed by atoms with van der Waals surface area (Å²) in [5.41, 5.74) is -0.895. The third-order valence-electron chi connectivity index (χ3n) is 3.43. The van der Waals surface area contributed by atoms with Crippen LogP contribution in [0.15, 0.2) is 12.2 Å². The highest BCUT2D eigenvalue weighted by molar-refractivity contribution is 5.90. The molecule has 1 heterocycles. The highest BCUT2D eigenvalue weighted by atomic mass is 16.5. The van der Waals surface area contributed by atoms with Gasteiger partial charge in [-0.1, -0.05) is 13.8 Å². The Bertz CT molecular complexity index is 400. The van der Waals surface area contributed by atoms with Gasteiger partial charge in [-0.15, -0.1) is 0 Å². The van der Waals surface area contributed by atoms with Gasteiger partial charge in [-0.05, 0) is 13.8 Å². The van der Waals surface area contributed by atoms with Crippen molar-refractivity contribution in [2.45, 2.75) is 45.8 Å². The molecule has 1 fully saturated rings. The van der Waals surface area contributed by atoms with Gasteiger partial charge in [0, 0.05) is 36.1 Å². The second kappa shape index (κ2) is 5.30. The second-order valence-electron chi connectivity index (χ2n) is 6.16. The Hall–Kier alpha value is -1.40. The van der Waals surface area contributed by atoms with Crippen molar-refractivity contribution in [1.82, 2.24) is 5.06 Å². The summed E-state index contributed by atoms with van der Waals surface area (Å²) in [6.07, 6.45) is 1.75. The Morgan fingerprint density at radius 1 is 1.26 bits per heavy atom. The van der Waals surface area contributed by atoms with Crippen molar-refractivity contribution in [2.75, 3.05) is 6.54 Å². The lowest BCUT2D eigenvalue weighted by Crippen LogP contribution is -2.58.